The van der Waals surface area contributed by atoms with E-state index in [9.17, 15) is 0 Å². The van der Waals surface area contributed by atoms with Crippen LogP contribution in [0.2, 0.25) is 0 Å². The van der Waals surface area contributed by atoms with Crippen molar-refractivity contribution in [2.75, 3.05) is 27.3 Å². The van der Waals surface area contributed by atoms with Gasteiger partial charge in [0.15, 0.2) is 0 Å². The third-order valence-corrected chi connectivity index (χ3v) is 2.73. The number of hydrogen-bond donors (Lipinski definition) is 1. The number of hydrogen-bond acceptors (Lipinski definition) is 7. The first kappa shape index (κ1) is 12.8. The lowest BCUT2D eigenvalue weighted by atomic mass is 10.2. The van der Waals surface area contributed by atoms with Crippen LogP contribution in [0.4, 0.5) is 0 Å². The van der Waals surface area contributed by atoms with E-state index in [1.807, 2.05) is 0 Å². The van der Waals surface area contributed by atoms with Crippen LogP contribution in [0.5, 0.6) is 18.0 Å². The second kappa shape index (κ2) is 6.34. The molecule has 1 saturated heterocycles. The predicted octanol–water partition coefficient (Wildman–Crippen LogP) is 0.410. The summed E-state index contributed by atoms with van der Waals surface area (Å²) in [5.41, 5.74) is 0. The first-order valence-corrected chi connectivity index (χ1v) is 6.03. The number of nitrogens with zero attached hydrogens (tertiary/aromatic N) is 3. The molecule has 7 heteroatoms. The minimum Gasteiger partial charge on any atom is -0.467 e. The molecule has 1 unspecified atom stereocenters. The normalized spacial score (nSPS) is 20.0. The van der Waals surface area contributed by atoms with E-state index in [0.717, 1.165) is 32.4 Å². The Balaban J connectivity index is 2.06. The molecule has 0 spiro atoms. The van der Waals surface area contributed by atoms with Crippen LogP contribution in [0, 0.1) is 0 Å². The van der Waals surface area contributed by atoms with Gasteiger partial charge >= 0.3 is 18.0 Å². The van der Waals surface area contributed by atoms with Crippen LogP contribution in [-0.4, -0.2) is 48.4 Å². The summed E-state index contributed by atoms with van der Waals surface area (Å²) in [5.74, 6) is 0. The summed E-state index contributed by atoms with van der Waals surface area (Å²) in [6, 6.07) is 0.651. The molecule has 1 aliphatic heterocycles. The second-order valence-electron chi connectivity index (χ2n) is 4.01. The SMILES string of the molecule is COc1nc(OC)nc(OC2CCCNCC2)n1. The zero-order valence-electron chi connectivity index (χ0n) is 10.7. The standard InChI is InChI=1S/C11H18N4O3/c1-16-9-13-10(17-2)15-11(14-9)18-8-4-3-6-12-7-5-8/h8,12H,3-7H2,1-2H3. The molecule has 0 aliphatic carbocycles. The van der Waals surface area contributed by atoms with Crippen LogP contribution < -0.4 is 19.5 Å². The molecular formula is C11H18N4O3. The quantitative estimate of drug-likeness (QED) is 0.833. The Kier molecular flexibility index (Phi) is 4.52. The summed E-state index contributed by atoms with van der Waals surface area (Å²) in [6.45, 7) is 1.98. The van der Waals surface area contributed by atoms with Crippen LogP contribution in [0.15, 0.2) is 0 Å². The Morgan fingerprint density at radius 3 is 2.28 bits per heavy atom. The van der Waals surface area contributed by atoms with Gasteiger partial charge in [0.1, 0.15) is 6.10 Å². The van der Waals surface area contributed by atoms with Crippen LogP contribution in [0.1, 0.15) is 19.3 Å². The highest BCUT2D eigenvalue weighted by Gasteiger charge is 2.16. The number of ether oxygens (including phenoxy) is 3. The van der Waals surface area contributed by atoms with Crippen molar-refractivity contribution < 1.29 is 14.2 Å². The zero-order valence-corrected chi connectivity index (χ0v) is 10.7. The molecule has 1 aliphatic rings. The summed E-state index contributed by atoms with van der Waals surface area (Å²) < 4.78 is 15.7. The highest BCUT2D eigenvalue weighted by molar-refractivity contribution is 5.09. The first-order chi connectivity index (χ1) is 8.81. The molecule has 100 valence electrons. The number of nitrogens with one attached hydrogen (secondary N) is 1. The molecular weight excluding hydrogens is 236 g/mol. The highest BCUT2D eigenvalue weighted by atomic mass is 16.5. The topological polar surface area (TPSA) is 78.4 Å². The number of rotatable bonds is 4. The number of aromatic nitrogens is 3. The van der Waals surface area contributed by atoms with Crippen LogP contribution in [0.25, 0.3) is 0 Å². The lowest BCUT2D eigenvalue weighted by Crippen LogP contribution is -2.20. The van der Waals surface area contributed by atoms with Crippen LogP contribution in [0.3, 0.4) is 0 Å². The largest absolute Gasteiger partial charge is 0.467 e. The summed E-state index contributed by atoms with van der Waals surface area (Å²) >= 11 is 0. The van der Waals surface area contributed by atoms with Gasteiger partial charge in [0.25, 0.3) is 0 Å². The molecule has 0 radical (unpaired) electrons. The third kappa shape index (κ3) is 3.43. The van der Waals surface area contributed by atoms with Crippen molar-refractivity contribution in [2.24, 2.45) is 0 Å². The maximum atomic E-state index is 5.76. The Morgan fingerprint density at radius 1 is 0.944 bits per heavy atom. The average molecular weight is 254 g/mol. The summed E-state index contributed by atoms with van der Waals surface area (Å²) in [7, 11) is 2.99. The van der Waals surface area contributed by atoms with E-state index in [4.69, 9.17) is 14.2 Å². The van der Waals surface area contributed by atoms with Gasteiger partial charge in [0.2, 0.25) is 0 Å². The lowest BCUT2D eigenvalue weighted by Gasteiger charge is -2.15. The van der Waals surface area contributed by atoms with Crippen molar-refractivity contribution in [3.63, 3.8) is 0 Å². The zero-order chi connectivity index (χ0) is 12.8. The fraction of sp³-hybridized carbons (Fsp3) is 0.727. The molecule has 0 bridgehead atoms. The summed E-state index contributed by atoms with van der Waals surface area (Å²) in [6.07, 6.45) is 3.14. The summed E-state index contributed by atoms with van der Waals surface area (Å²) in [4.78, 5) is 12.0. The Hall–Kier alpha value is -1.63. The van der Waals surface area contributed by atoms with E-state index in [0.29, 0.717) is 0 Å². The van der Waals surface area contributed by atoms with Gasteiger partial charge in [-0.2, -0.15) is 0 Å². The third-order valence-electron chi connectivity index (χ3n) is 2.73. The molecule has 2 heterocycles. The van der Waals surface area contributed by atoms with Crippen molar-refractivity contribution in [3.05, 3.63) is 0 Å². The van der Waals surface area contributed by atoms with E-state index in [-0.39, 0.29) is 24.1 Å². The van der Waals surface area contributed by atoms with Gasteiger partial charge in [-0.05, 0) is 32.4 Å². The van der Waals surface area contributed by atoms with E-state index in [1.165, 1.54) is 14.2 Å². The van der Waals surface area contributed by atoms with E-state index in [1.54, 1.807) is 0 Å². The average Bonchev–Trinajstić information content (AvgIpc) is 2.67. The van der Waals surface area contributed by atoms with Gasteiger partial charge in [-0.1, -0.05) is 0 Å². The van der Waals surface area contributed by atoms with Gasteiger partial charge < -0.3 is 19.5 Å². The number of methoxy groups -OCH3 is 2. The molecule has 1 atom stereocenters. The van der Waals surface area contributed by atoms with Crippen molar-refractivity contribution in [1.29, 1.82) is 0 Å². The van der Waals surface area contributed by atoms with Crippen LogP contribution in [-0.2, 0) is 0 Å². The van der Waals surface area contributed by atoms with Gasteiger partial charge in [0.05, 0.1) is 14.2 Å². The van der Waals surface area contributed by atoms with Gasteiger partial charge in [-0.3, -0.25) is 0 Å². The Morgan fingerprint density at radius 2 is 1.61 bits per heavy atom. The fourth-order valence-electron chi connectivity index (χ4n) is 1.81. The van der Waals surface area contributed by atoms with Gasteiger partial charge in [-0.15, -0.1) is 15.0 Å². The maximum Gasteiger partial charge on any atom is 0.326 e. The van der Waals surface area contributed by atoms with Crippen molar-refractivity contribution in [2.45, 2.75) is 25.4 Å². The molecule has 18 heavy (non-hydrogen) atoms. The summed E-state index contributed by atoms with van der Waals surface area (Å²) in [5, 5.41) is 3.33. The van der Waals surface area contributed by atoms with Crippen LogP contribution >= 0.6 is 0 Å². The molecule has 1 N–H and O–H groups in total. The molecule has 1 aromatic rings. The molecule has 2 rings (SSSR count). The first-order valence-electron chi connectivity index (χ1n) is 6.03. The smallest absolute Gasteiger partial charge is 0.326 e. The van der Waals surface area contributed by atoms with E-state index < -0.39 is 0 Å². The maximum absolute atomic E-state index is 5.76. The van der Waals surface area contributed by atoms with Crippen molar-refractivity contribution in [1.82, 2.24) is 20.3 Å². The Labute approximate surface area is 106 Å². The van der Waals surface area contributed by atoms with Crippen molar-refractivity contribution >= 4 is 0 Å². The molecule has 0 saturated carbocycles. The Bertz CT molecular complexity index is 358. The van der Waals surface area contributed by atoms with Crippen molar-refractivity contribution in [3.8, 4) is 18.0 Å². The predicted molar refractivity (Wildman–Crippen MR) is 64.1 cm³/mol. The molecule has 1 aromatic heterocycles. The van der Waals surface area contributed by atoms with E-state index >= 15 is 0 Å². The molecule has 0 amide bonds. The minimum absolute atomic E-state index is 0.122. The lowest BCUT2D eigenvalue weighted by molar-refractivity contribution is 0.165. The van der Waals surface area contributed by atoms with E-state index in [2.05, 4.69) is 20.3 Å². The monoisotopic (exact) mass is 254 g/mol. The molecule has 1 fully saturated rings. The molecule has 7 nitrogen and oxygen atoms in total. The molecule has 0 aromatic carbocycles. The highest BCUT2D eigenvalue weighted by Crippen LogP contribution is 2.17. The fourth-order valence-corrected chi connectivity index (χ4v) is 1.81. The van der Waals surface area contributed by atoms with Gasteiger partial charge in [0, 0.05) is 0 Å². The second-order valence-corrected chi connectivity index (χ2v) is 4.01. The minimum atomic E-state index is 0.122. The van der Waals surface area contributed by atoms with Gasteiger partial charge in [-0.25, -0.2) is 0 Å².